The van der Waals surface area contributed by atoms with Crippen LogP contribution in [0.1, 0.15) is 16.1 Å². The van der Waals surface area contributed by atoms with Crippen molar-refractivity contribution in [2.24, 2.45) is 0 Å². The van der Waals surface area contributed by atoms with Crippen LogP contribution in [0.3, 0.4) is 0 Å². The molecule has 0 aliphatic rings. The summed E-state index contributed by atoms with van der Waals surface area (Å²) in [5.74, 6) is -0.633. The Hall–Kier alpha value is -3.15. The van der Waals surface area contributed by atoms with Crippen LogP contribution in [-0.2, 0) is 16.0 Å². The number of hydrogen-bond donors (Lipinski definition) is 1. The normalized spacial score (nSPS) is 10.5. The number of carbonyl (C=O) groups is 2. The first-order valence-corrected chi connectivity index (χ1v) is 6.99. The lowest BCUT2D eigenvalue weighted by atomic mass is 10.1. The van der Waals surface area contributed by atoms with Gasteiger partial charge >= 0.3 is 5.97 Å². The zero-order valence-corrected chi connectivity index (χ0v) is 12.4. The van der Waals surface area contributed by atoms with Crippen LogP contribution >= 0.6 is 0 Å². The number of aromatic nitrogens is 1. The van der Waals surface area contributed by atoms with Crippen molar-refractivity contribution in [3.8, 4) is 0 Å². The summed E-state index contributed by atoms with van der Waals surface area (Å²) < 4.78 is 9.80. The molecule has 0 fully saturated rings. The maximum Gasteiger partial charge on any atom is 0.337 e. The highest BCUT2D eigenvalue weighted by Crippen LogP contribution is 2.18. The maximum atomic E-state index is 12.1. The number of fused-ring (bicyclic) bond motifs is 1. The molecular formula is C17H14N2O4. The van der Waals surface area contributed by atoms with Crippen molar-refractivity contribution in [1.82, 2.24) is 5.16 Å². The Bertz CT molecular complexity index is 852. The van der Waals surface area contributed by atoms with E-state index in [-0.39, 0.29) is 12.3 Å². The average Bonchev–Trinajstić information content (AvgIpc) is 2.98. The van der Waals surface area contributed by atoms with Crippen LogP contribution in [0.25, 0.3) is 11.0 Å². The Balaban J connectivity index is 1.68. The number of methoxy groups -OCH3 is 1. The largest absolute Gasteiger partial charge is 0.465 e. The predicted octanol–water partition coefficient (Wildman–Crippen LogP) is 2.80. The van der Waals surface area contributed by atoms with Gasteiger partial charge in [-0.15, -0.1) is 0 Å². The van der Waals surface area contributed by atoms with Crippen LogP contribution in [0.2, 0.25) is 0 Å². The molecule has 1 heterocycles. The summed E-state index contributed by atoms with van der Waals surface area (Å²) in [5, 5.41) is 7.51. The lowest BCUT2D eigenvalue weighted by Crippen LogP contribution is -2.14. The summed E-state index contributed by atoms with van der Waals surface area (Å²) in [7, 11) is 1.32. The summed E-state index contributed by atoms with van der Waals surface area (Å²) >= 11 is 0. The van der Waals surface area contributed by atoms with Gasteiger partial charge in [-0.25, -0.2) is 4.79 Å². The maximum absolute atomic E-state index is 12.1. The molecule has 2 aromatic carbocycles. The molecule has 0 bridgehead atoms. The first-order chi connectivity index (χ1) is 11.2. The average molecular weight is 310 g/mol. The highest BCUT2D eigenvalue weighted by Gasteiger charge is 2.12. The van der Waals surface area contributed by atoms with Crippen molar-refractivity contribution in [2.45, 2.75) is 6.42 Å². The standard InChI is InChI=1S/C17H14N2O4/c1-22-17(21)11-6-8-12(9-7-11)18-16(20)10-14-13-4-2-3-5-15(13)23-19-14/h2-9H,10H2,1H3,(H,18,20). The van der Waals surface area contributed by atoms with Crippen molar-refractivity contribution in [1.29, 1.82) is 0 Å². The highest BCUT2D eigenvalue weighted by molar-refractivity contribution is 5.95. The second kappa shape index (κ2) is 6.31. The monoisotopic (exact) mass is 310 g/mol. The van der Waals surface area contributed by atoms with Gasteiger partial charge < -0.3 is 14.6 Å². The quantitative estimate of drug-likeness (QED) is 0.749. The molecule has 0 saturated heterocycles. The third kappa shape index (κ3) is 3.21. The number of rotatable bonds is 4. The lowest BCUT2D eigenvalue weighted by Gasteiger charge is -2.05. The molecule has 0 saturated carbocycles. The number of anilines is 1. The minimum absolute atomic E-state index is 0.107. The van der Waals surface area contributed by atoms with E-state index >= 15 is 0 Å². The molecule has 0 unspecified atom stereocenters. The molecule has 0 radical (unpaired) electrons. The third-order valence-electron chi connectivity index (χ3n) is 3.37. The number of hydrogen-bond acceptors (Lipinski definition) is 5. The van der Waals surface area contributed by atoms with Crippen molar-refractivity contribution >= 4 is 28.5 Å². The first kappa shape index (κ1) is 14.8. The molecular weight excluding hydrogens is 296 g/mol. The lowest BCUT2D eigenvalue weighted by molar-refractivity contribution is -0.115. The van der Waals surface area contributed by atoms with Crippen molar-refractivity contribution in [2.75, 3.05) is 12.4 Å². The van der Waals surface area contributed by atoms with E-state index < -0.39 is 5.97 Å². The highest BCUT2D eigenvalue weighted by atomic mass is 16.5. The number of benzene rings is 2. The van der Waals surface area contributed by atoms with Crippen molar-refractivity contribution < 1.29 is 18.8 Å². The van der Waals surface area contributed by atoms with E-state index in [1.54, 1.807) is 30.3 Å². The number of carbonyl (C=O) groups excluding carboxylic acids is 2. The molecule has 6 nitrogen and oxygen atoms in total. The van der Waals surface area contributed by atoms with Crippen LogP contribution in [0.5, 0.6) is 0 Å². The molecule has 1 amide bonds. The van der Waals surface area contributed by atoms with E-state index in [2.05, 4.69) is 15.2 Å². The summed E-state index contributed by atoms with van der Waals surface area (Å²) in [6.07, 6.45) is 0.107. The fourth-order valence-corrected chi connectivity index (χ4v) is 2.23. The molecule has 0 aliphatic carbocycles. The smallest absolute Gasteiger partial charge is 0.337 e. The minimum atomic E-state index is -0.419. The van der Waals surface area contributed by atoms with Gasteiger partial charge in [0.25, 0.3) is 0 Å². The fourth-order valence-electron chi connectivity index (χ4n) is 2.23. The van der Waals surface area contributed by atoms with Crippen LogP contribution < -0.4 is 5.32 Å². The molecule has 1 aromatic heterocycles. The SMILES string of the molecule is COC(=O)c1ccc(NC(=O)Cc2noc3ccccc23)cc1. The zero-order chi connectivity index (χ0) is 16.2. The Labute approximate surface area is 132 Å². The number of esters is 1. The number of nitrogens with zero attached hydrogens (tertiary/aromatic N) is 1. The molecule has 3 aromatic rings. The van der Waals surface area contributed by atoms with Gasteiger partial charge in [-0.2, -0.15) is 0 Å². The van der Waals surface area contributed by atoms with Crippen LogP contribution in [-0.4, -0.2) is 24.1 Å². The first-order valence-electron chi connectivity index (χ1n) is 6.99. The van der Waals surface area contributed by atoms with E-state index in [1.165, 1.54) is 7.11 Å². The number of nitrogens with one attached hydrogen (secondary N) is 1. The van der Waals surface area contributed by atoms with Gasteiger partial charge in [0.05, 0.1) is 19.1 Å². The Morgan fingerprint density at radius 1 is 1.13 bits per heavy atom. The molecule has 0 aliphatic heterocycles. The number of para-hydroxylation sites is 1. The van der Waals surface area contributed by atoms with Gasteiger partial charge in [-0.3, -0.25) is 4.79 Å². The molecule has 6 heteroatoms. The second-order valence-electron chi connectivity index (χ2n) is 4.92. The molecule has 116 valence electrons. The van der Waals surface area contributed by atoms with Crippen molar-refractivity contribution in [3.05, 3.63) is 59.8 Å². The van der Waals surface area contributed by atoms with E-state index in [4.69, 9.17) is 4.52 Å². The van der Waals surface area contributed by atoms with E-state index in [9.17, 15) is 9.59 Å². The third-order valence-corrected chi connectivity index (χ3v) is 3.37. The number of amides is 1. The Morgan fingerprint density at radius 3 is 2.61 bits per heavy atom. The van der Waals surface area contributed by atoms with Crippen LogP contribution in [0.4, 0.5) is 5.69 Å². The summed E-state index contributed by atoms with van der Waals surface area (Å²) in [6.45, 7) is 0. The van der Waals surface area contributed by atoms with Gasteiger partial charge in [0.2, 0.25) is 5.91 Å². The minimum Gasteiger partial charge on any atom is -0.465 e. The van der Waals surface area contributed by atoms with Gasteiger partial charge in [-0.05, 0) is 36.4 Å². The summed E-state index contributed by atoms with van der Waals surface area (Å²) in [4.78, 5) is 23.5. The van der Waals surface area contributed by atoms with Gasteiger partial charge in [0.1, 0.15) is 5.69 Å². The Kier molecular flexibility index (Phi) is 4.05. The number of ether oxygens (including phenoxy) is 1. The topological polar surface area (TPSA) is 81.4 Å². The molecule has 0 spiro atoms. The fraction of sp³-hybridized carbons (Fsp3) is 0.118. The summed E-state index contributed by atoms with van der Waals surface area (Å²) in [6, 6.07) is 13.8. The molecule has 3 rings (SSSR count). The van der Waals surface area contributed by atoms with E-state index in [0.717, 1.165) is 5.39 Å². The molecule has 0 atom stereocenters. The zero-order valence-electron chi connectivity index (χ0n) is 12.4. The van der Waals surface area contributed by atoms with Gasteiger partial charge in [0, 0.05) is 11.1 Å². The van der Waals surface area contributed by atoms with Crippen LogP contribution in [0, 0.1) is 0 Å². The molecule has 1 N–H and O–H groups in total. The van der Waals surface area contributed by atoms with Gasteiger partial charge in [-0.1, -0.05) is 17.3 Å². The van der Waals surface area contributed by atoms with Crippen LogP contribution in [0.15, 0.2) is 53.1 Å². The Morgan fingerprint density at radius 2 is 1.87 bits per heavy atom. The summed E-state index contributed by atoms with van der Waals surface area (Å²) in [5.41, 5.74) is 2.26. The van der Waals surface area contributed by atoms with E-state index in [1.807, 2.05) is 18.2 Å². The van der Waals surface area contributed by atoms with E-state index in [0.29, 0.717) is 22.5 Å². The predicted molar refractivity (Wildman–Crippen MR) is 84.1 cm³/mol. The van der Waals surface area contributed by atoms with Gasteiger partial charge in [0.15, 0.2) is 5.58 Å². The van der Waals surface area contributed by atoms with Crippen molar-refractivity contribution in [3.63, 3.8) is 0 Å². The molecule has 23 heavy (non-hydrogen) atoms. The second-order valence-corrected chi connectivity index (χ2v) is 4.92.